The lowest BCUT2D eigenvalue weighted by Gasteiger charge is -2.41. The first-order valence-electron chi connectivity index (χ1n) is 13.5. The lowest BCUT2D eigenvalue weighted by molar-refractivity contribution is -0.942. The van der Waals surface area contributed by atoms with Crippen LogP contribution in [0.4, 0.5) is 0 Å². The fourth-order valence-electron chi connectivity index (χ4n) is 5.23. The molecular formula is C30H52N4+4. The van der Waals surface area contributed by atoms with Gasteiger partial charge in [0.1, 0.15) is 57.4 Å². The van der Waals surface area contributed by atoms with E-state index in [2.05, 4.69) is 97.8 Å². The van der Waals surface area contributed by atoms with E-state index in [4.69, 9.17) is 0 Å². The van der Waals surface area contributed by atoms with Gasteiger partial charge < -0.3 is 0 Å². The normalized spacial score (nSPS) is 30.4. The van der Waals surface area contributed by atoms with Gasteiger partial charge in [0.05, 0.1) is 35.2 Å². The van der Waals surface area contributed by atoms with E-state index in [0.717, 1.165) is 50.5 Å². The third-order valence-corrected chi connectivity index (χ3v) is 8.32. The number of likely N-dealkylation sites (N-methyl/N-ethyl adjacent to an activating group) is 4. The molecule has 0 aromatic heterocycles. The van der Waals surface area contributed by atoms with E-state index in [1.807, 2.05) is 0 Å². The van der Waals surface area contributed by atoms with E-state index in [1.54, 1.807) is 0 Å². The molecule has 0 fully saturated rings. The number of quaternary nitrogens is 4. The van der Waals surface area contributed by atoms with Crippen LogP contribution in [-0.4, -0.2) is 79.3 Å². The molecule has 4 nitrogen and oxygen atoms in total. The molecule has 0 spiro atoms. The monoisotopic (exact) mass is 468 g/mol. The third kappa shape index (κ3) is 7.14. The summed E-state index contributed by atoms with van der Waals surface area (Å²) in [6.45, 7) is 13.6. The predicted molar refractivity (Wildman–Crippen MR) is 145 cm³/mol. The summed E-state index contributed by atoms with van der Waals surface area (Å²) in [5, 5.41) is 0. The van der Waals surface area contributed by atoms with Crippen LogP contribution in [0.5, 0.6) is 0 Å². The number of rotatable bonds is 11. The molecule has 2 aliphatic heterocycles. The van der Waals surface area contributed by atoms with Gasteiger partial charge in [-0.05, 0) is 13.0 Å². The molecule has 3 rings (SSSR count). The molecular weight excluding hydrogens is 416 g/mol. The van der Waals surface area contributed by atoms with Crippen LogP contribution in [0.25, 0.3) is 0 Å². The Bertz CT molecular complexity index is 901. The van der Waals surface area contributed by atoms with Crippen LogP contribution < -0.4 is 0 Å². The van der Waals surface area contributed by atoms with Gasteiger partial charge in [-0.2, -0.15) is 0 Å². The average molecular weight is 469 g/mol. The number of unbranched alkanes of at least 4 members (excludes halogenated alkanes) is 4. The molecule has 2 aliphatic rings. The molecule has 0 N–H and O–H groups in total. The minimum absolute atomic E-state index is 0.900. The number of hydrogen-bond acceptors (Lipinski definition) is 0. The quantitative estimate of drug-likeness (QED) is 0.278. The summed E-state index contributed by atoms with van der Waals surface area (Å²) in [4.78, 5) is 0. The van der Waals surface area contributed by atoms with Crippen LogP contribution in [0.3, 0.4) is 0 Å². The molecule has 3 atom stereocenters. The molecule has 0 bridgehead atoms. The zero-order valence-corrected chi connectivity index (χ0v) is 23.1. The summed E-state index contributed by atoms with van der Waals surface area (Å²) in [5.74, 6) is 0. The van der Waals surface area contributed by atoms with E-state index >= 15 is 0 Å². The van der Waals surface area contributed by atoms with Gasteiger partial charge in [-0.3, -0.25) is 17.9 Å². The number of benzene rings is 1. The zero-order valence-electron chi connectivity index (χ0n) is 23.1. The molecule has 188 valence electrons. The highest BCUT2D eigenvalue weighted by Crippen LogP contribution is 2.29. The molecule has 0 saturated heterocycles. The van der Waals surface area contributed by atoms with E-state index in [0.29, 0.717) is 0 Å². The Morgan fingerprint density at radius 2 is 1.26 bits per heavy atom. The summed E-state index contributed by atoms with van der Waals surface area (Å²) in [6.07, 6.45) is 17.4. The lowest BCUT2D eigenvalue weighted by atomic mass is 10.0. The van der Waals surface area contributed by atoms with Crippen LogP contribution in [0, 0.1) is 0 Å². The lowest BCUT2D eigenvalue weighted by Crippen LogP contribution is -2.53. The third-order valence-electron chi connectivity index (χ3n) is 8.32. The van der Waals surface area contributed by atoms with E-state index in [9.17, 15) is 0 Å². The molecule has 1 aromatic carbocycles. The smallest absolute Gasteiger partial charge is 0.154 e. The first-order chi connectivity index (χ1) is 16.0. The number of allylic oxidation sites excluding steroid dienone is 1. The summed E-state index contributed by atoms with van der Waals surface area (Å²) in [5.41, 5.74) is 4.36. The Morgan fingerprint density at radius 1 is 0.706 bits per heavy atom. The minimum Gasteiger partial charge on any atom is -0.293 e. The molecule has 0 amide bonds. The van der Waals surface area contributed by atoms with Gasteiger partial charge in [-0.1, -0.05) is 56.9 Å². The van der Waals surface area contributed by atoms with Crippen LogP contribution in [-0.2, 0) is 13.1 Å². The number of nitrogens with zero attached hydrogens (tertiary/aromatic N) is 4. The maximum atomic E-state index is 4.50. The van der Waals surface area contributed by atoms with Crippen molar-refractivity contribution >= 4 is 0 Å². The predicted octanol–water partition coefficient (Wildman–Crippen LogP) is 5.95. The van der Waals surface area contributed by atoms with Crippen molar-refractivity contribution in [2.75, 3.05) is 61.4 Å². The summed E-state index contributed by atoms with van der Waals surface area (Å²) in [6, 6.07) is 9.13. The van der Waals surface area contributed by atoms with Gasteiger partial charge in [-0.25, -0.2) is 0 Å². The molecule has 34 heavy (non-hydrogen) atoms. The first kappa shape index (κ1) is 26.9. The topological polar surface area (TPSA) is 0 Å². The standard InChI is InChI=1S/C30H52N4/c1-8-9-10-11-12-15-28(2)34(7)24-22-33(6,23-25-34)27-30-17-14-13-16-29(30)26-32(5)20-18-31(3,4)19-21-32/h13-14,16-18,20,22,24H,2,8-12,15,19,21,23,25-27H2,1,3-7H3/q+4. The Balaban J connectivity index is 1.65. The highest BCUT2D eigenvalue weighted by Gasteiger charge is 2.36. The van der Waals surface area contributed by atoms with Crippen molar-refractivity contribution in [3.05, 3.63) is 72.5 Å². The Kier molecular flexibility index (Phi) is 8.62. The second kappa shape index (κ2) is 10.9. The van der Waals surface area contributed by atoms with Gasteiger partial charge in [0.15, 0.2) is 12.4 Å². The Hall–Kier alpha value is -1.72. The first-order valence-corrected chi connectivity index (χ1v) is 13.5. The molecule has 2 heterocycles. The zero-order chi connectivity index (χ0) is 24.9. The Morgan fingerprint density at radius 3 is 1.76 bits per heavy atom. The minimum atomic E-state index is 0.900. The van der Waals surface area contributed by atoms with Crippen molar-refractivity contribution < 1.29 is 17.9 Å². The van der Waals surface area contributed by atoms with Crippen LogP contribution in [0.15, 0.2) is 61.3 Å². The highest BCUT2D eigenvalue weighted by atomic mass is 15.4. The molecule has 1 aromatic rings. The highest BCUT2D eigenvalue weighted by molar-refractivity contribution is 5.26. The van der Waals surface area contributed by atoms with Crippen molar-refractivity contribution in [2.24, 2.45) is 0 Å². The van der Waals surface area contributed by atoms with Gasteiger partial charge in [0, 0.05) is 17.5 Å². The fraction of sp³-hybridized carbons (Fsp3) is 0.600. The van der Waals surface area contributed by atoms with Crippen molar-refractivity contribution in [1.29, 1.82) is 0 Å². The molecule has 4 heteroatoms. The fourth-order valence-corrected chi connectivity index (χ4v) is 5.23. The van der Waals surface area contributed by atoms with Crippen LogP contribution in [0.2, 0.25) is 0 Å². The van der Waals surface area contributed by atoms with Gasteiger partial charge in [0.25, 0.3) is 0 Å². The van der Waals surface area contributed by atoms with Crippen molar-refractivity contribution in [1.82, 2.24) is 0 Å². The Labute approximate surface area is 210 Å². The summed E-state index contributed by atoms with van der Waals surface area (Å²) >= 11 is 0. The van der Waals surface area contributed by atoms with Crippen LogP contribution in [0.1, 0.15) is 56.6 Å². The van der Waals surface area contributed by atoms with Gasteiger partial charge in [-0.15, -0.1) is 0 Å². The molecule has 3 unspecified atom stereocenters. The van der Waals surface area contributed by atoms with Gasteiger partial charge >= 0.3 is 0 Å². The molecule has 0 saturated carbocycles. The van der Waals surface area contributed by atoms with Crippen molar-refractivity contribution in [2.45, 2.75) is 58.5 Å². The second-order valence-corrected chi connectivity index (χ2v) is 12.3. The number of hydrogen-bond donors (Lipinski definition) is 0. The summed E-state index contributed by atoms with van der Waals surface area (Å²) < 4.78 is 3.84. The van der Waals surface area contributed by atoms with E-state index < -0.39 is 0 Å². The summed E-state index contributed by atoms with van der Waals surface area (Å²) in [7, 11) is 11.7. The second-order valence-electron chi connectivity index (χ2n) is 12.3. The maximum Gasteiger partial charge on any atom is 0.154 e. The average Bonchev–Trinajstić information content (AvgIpc) is 2.80. The maximum absolute atomic E-state index is 4.50. The molecule has 0 radical (unpaired) electrons. The van der Waals surface area contributed by atoms with Gasteiger partial charge in [0.2, 0.25) is 0 Å². The van der Waals surface area contributed by atoms with E-state index in [-0.39, 0.29) is 0 Å². The van der Waals surface area contributed by atoms with Crippen LogP contribution >= 0.6 is 0 Å². The van der Waals surface area contributed by atoms with Crippen molar-refractivity contribution in [3.63, 3.8) is 0 Å². The molecule has 0 aliphatic carbocycles. The van der Waals surface area contributed by atoms with Crippen molar-refractivity contribution in [3.8, 4) is 0 Å². The van der Waals surface area contributed by atoms with E-state index in [1.165, 1.54) is 62.0 Å². The largest absolute Gasteiger partial charge is 0.293 e. The SMILES string of the molecule is C=C(CCCCCCC)[N+]1(C)C=C[N+](C)(Cc2ccccc2C[N+]2(C)C=C[N+](C)(C)CC2)CC1.